The van der Waals surface area contributed by atoms with E-state index in [2.05, 4.69) is 41.4 Å². The zero-order valence-electron chi connectivity index (χ0n) is 12.8. The van der Waals surface area contributed by atoms with Crippen molar-refractivity contribution in [3.63, 3.8) is 0 Å². The molecule has 0 aromatic carbocycles. The summed E-state index contributed by atoms with van der Waals surface area (Å²) in [5.74, 6) is 3.54. The predicted molar refractivity (Wildman–Crippen MR) is 82.8 cm³/mol. The number of rotatable bonds is 9. The molecule has 0 aliphatic heterocycles. The molecule has 1 aromatic heterocycles. The summed E-state index contributed by atoms with van der Waals surface area (Å²) in [5.41, 5.74) is 0. The van der Waals surface area contributed by atoms with Crippen molar-refractivity contribution in [1.82, 2.24) is 9.97 Å². The summed E-state index contributed by atoms with van der Waals surface area (Å²) in [6.07, 6.45) is 5.77. The van der Waals surface area contributed by atoms with Crippen molar-refractivity contribution in [2.45, 2.75) is 52.9 Å². The lowest BCUT2D eigenvalue weighted by Crippen LogP contribution is -2.08. The monoisotopic (exact) mass is 264 g/mol. The molecule has 0 aliphatic carbocycles. The van der Waals surface area contributed by atoms with Gasteiger partial charge in [-0.05, 0) is 18.8 Å². The van der Waals surface area contributed by atoms with Crippen molar-refractivity contribution < 1.29 is 0 Å². The lowest BCUT2D eigenvalue weighted by Gasteiger charge is -2.10. The number of hydrogen-bond acceptors (Lipinski definition) is 4. The lowest BCUT2D eigenvalue weighted by molar-refractivity contribution is 0.544. The van der Waals surface area contributed by atoms with Crippen molar-refractivity contribution >= 4 is 11.6 Å². The van der Waals surface area contributed by atoms with E-state index in [1.165, 1.54) is 19.3 Å². The second kappa shape index (κ2) is 8.73. The Hall–Kier alpha value is -1.32. The molecule has 0 atom stereocenters. The highest BCUT2D eigenvalue weighted by Gasteiger charge is 2.03. The van der Waals surface area contributed by atoms with Gasteiger partial charge in [-0.3, -0.25) is 0 Å². The fourth-order valence-corrected chi connectivity index (χ4v) is 1.95. The minimum atomic E-state index is 0.797. The van der Waals surface area contributed by atoms with Crippen LogP contribution in [0.2, 0.25) is 0 Å². The van der Waals surface area contributed by atoms with Crippen molar-refractivity contribution in [3.05, 3.63) is 11.9 Å². The SMILES string of the molecule is CCCc1nc(NC)cc(NCCCCC(C)C)n1. The molecule has 108 valence electrons. The highest BCUT2D eigenvalue weighted by atomic mass is 15.1. The van der Waals surface area contributed by atoms with E-state index in [9.17, 15) is 0 Å². The van der Waals surface area contributed by atoms with Gasteiger partial charge in [0.05, 0.1) is 0 Å². The zero-order valence-corrected chi connectivity index (χ0v) is 12.8. The first kappa shape index (κ1) is 15.7. The van der Waals surface area contributed by atoms with Crippen LogP contribution >= 0.6 is 0 Å². The highest BCUT2D eigenvalue weighted by Crippen LogP contribution is 2.13. The van der Waals surface area contributed by atoms with E-state index in [1.807, 2.05) is 13.1 Å². The molecular weight excluding hydrogens is 236 g/mol. The molecule has 1 aromatic rings. The van der Waals surface area contributed by atoms with Crippen LogP contribution in [-0.4, -0.2) is 23.6 Å². The molecule has 0 bridgehead atoms. The zero-order chi connectivity index (χ0) is 14.1. The molecular formula is C15H28N4. The van der Waals surface area contributed by atoms with Crippen molar-refractivity contribution in [2.75, 3.05) is 24.2 Å². The first-order chi connectivity index (χ1) is 9.15. The van der Waals surface area contributed by atoms with E-state index in [1.54, 1.807) is 0 Å². The smallest absolute Gasteiger partial charge is 0.133 e. The van der Waals surface area contributed by atoms with Crippen LogP contribution in [0.3, 0.4) is 0 Å². The van der Waals surface area contributed by atoms with Crippen LogP contribution in [0, 0.1) is 5.92 Å². The highest BCUT2D eigenvalue weighted by molar-refractivity contribution is 5.47. The van der Waals surface area contributed by atoms with Gasteiger partial charge in [0.25, 0.3) is 0 Å². The van der Waals surface area contributed by atoms with Gasteiger partial charge < -0.3 is 10.6 Å². The number of nitrogens with zero attached hydrogens (tertiary/aromatic N) is 2. The van der Waals surface area contributed by atoms with Crippen LogP contribution in [0.25, 0.3) is 0 Å². The van der Waals surface area contributed by atoms with Gasteiger partial charge in [-0.25, -0.2) is 9.97 Å². The number of unbranched alkanes of at least 4 members (excludes halogenated alkanes) is 1. The molecule has 1 heterocycles. The number of nitrogens with one attached hydrogen (secondary N) is 2. The van der Waals surface area contributed by atoms with Crippen LogP contribution in [0.5, 0.6) is 0 Å². The first-order valence-electron chi connectivity index (χ1n) is 7.45. The van der Waals surface area contributed by atoms with E-state index in [-0.39, 0.29) is 0 Å². The van der Waals surface area contributed by atoms with Gasteiger partial charge in [0.1, 0.15) is 17.5 Å². The molecule has 0 amide bonds. The molecule has 2 N–H and O–H groups in total. The third-order valence-corrected chi connectivity index (χ3v) is 3.02. The second-order valence-corrected chi connectivity index (χ2v) is 5.37. The minimum absolute atomic E-state index is 0.797. The maximum Gasteiger partial charge on any atom is 0.133 e. The third kappa shape index (κ3) is 6.41. The molecule has 0 fully saturated rings. The van der Waals surface area contributed by atoms with Crippen LogP contribution in [0.15, 0.2) is 6.07 Å². The number of anilines is 2. The second-order valence-electron chi connectivity index (χ2n) is 5.37. The Labute approximate surface area is 117 Å². The molecule has 0 radical (unpaired) electrons. The fourth-order valence-electron chi connectivity index (χ4n) is 1.95. The Balaban J connectivity index is 2.45. The summed E-state index contributed by atoms with van der Waals surface area (Å²) in [7, 11) is 1.89. The van der Waals surface area contributed by atoms with Crippen LogP contribution in [0.1, 0.15) is 52.3 Å². The van der Waals surface area contributed by atoms with Gasteiger partial charge in [0, 0.05) is 26.1 Å². The number of aryl methyl sites for hydroxylation is 1. The summed E-state index contributed by atoms with van der Waals surface area (Å²) < 4.78 is 0. The van der Waals surface area contributed by atoms with Crippen molar-refractivity contribution in [1.29, 1.82) is 0 Å². The Morgan fingerprint density at radius 3 is 2.53 bits per heavy atom. The topological polar surface area (TPSA) is 49.8 Å². The van der Waals surface area contributed by atoms with Gasteiger partial charge in [0.2, 0.25) is 0 Å². The Bertz CT molecular complexity index is 363. The average Bonchev–Trinajstić information content (AvgIpc) is 2.38. The van der Waals surface area contributed by atoms with Gasteiger partial charge >= 0.3 is 0 Å². The quantitative estimate of drug-likeness (QED) is 0.668. The fraction of sp³-hybridized carbons (Fsp3) is 0.733. The van der Waals surface area contributed by atoms with Crippen molar-refractivity contribution in [2.24, 2.45) is 5.92 Å². The molecule has 1 rings (SSSR count). The lowest BCUT2D eigenvalue weighted by atomic mass is 10.1. The minimum Gasteiger partial charge on any atom is -0.373 e. The molecule has 4 heteroatoms. The standard InChI is InChI=1S/C15H28N4/c1-5-8-13-18-14(16-4)11-15(19-13)17-10-7-6-9-12(2)3/h11-12H,5-10H2,1-4H3,(H2,16,17,18,19). The normalized spacial score (nSPS) is 10.8. The van der Waals surface area contributed by atoms with Gasteiger partial charge in [-0.2, -0.15) is 0 Å². The predicted octanol–water partition coefficient (Wildman–Crippen LogP) is 3.71. The van der Waals surface area contributed by atoms with Crippen molar-refractivity contribution in [3.8, 4) is 0 Å². The van der Waals surface area contributed by atoms with Gasteiger partial charge in [-0.1, -0.05) is 33.6 Å². The molecule has 19 heavy (non-hydrogen) atoms. The Morgan fingerprint density at radius 1 is 1.16 bits per heavy atom. The van der Waals surface area contributed by atoms with E-state index >= 15 is 0 Å². The third-order valence-electron chi connectivity index (χ3n) is 3.02. The van der Waals surface area contributed by atoms with Gasteiger partial charge in [0.15, 0.2) is 0 Å². The summed E-state index contributed by atoms with van der Waals surface area (Å²) in [5, 5.41) is 6.49. The Kier molecular flexibility index (Phi) is 7.23. The van der Waals surface area contributed by atoms with E-state index in [0.29, 0.717) is 0 Å². The van der Waals surface area contributed by atoms with E-state index in [4.69, 9.17) is 0 Å². The van der Waals surface area contributed by atoms with Gasteiger partial charge in [-0.15, -0.1) is 0 Å². The molecule has 4 nitrogen and oxygen atoms in total. The van der Waals surface area contributed by atoms with Crippen LogP contribution < -0.4 is 10.6 Å². The summed E-state index contributed by atoms with van der Waals surface area (Å²) in [6.45, 7) is 7.68. The van der Waals surface area contributed by atoms with Crippen LogP contribution in [-0.2, 0) is 6.42 Å². The molecule has 0 spiro atoms. The maximum atomic E-state index is 4.54. The Morgan fingerprint density at radius 2 is 1.89 bits per heavy atom. The number of hydrogen-bond donors (Lipinski definition) is 2. The number of aromatic nitrogens is 2. The molecule has 0 aliphatic rings. The average molecular weight is 264 g/mol. The molecule has 0 saturated carbocycles. The first-order valence-corrected chi connectivity index (χ1v) is 7.45. The summed E-state index contributed by atoms with van der Waals surface area (Å²) in [6, 6.07) is 1.97. The summed E-state index contributed by atoms with van der Waals surface area (Å²) in [4.78, 5) is 8.99. The van der Waals surface area contributed by atoms with E-state index < -0.39 is 0 Å². The largest absolute Gasteiger partial charge is 0.373 e. The van der Waals surface area contributed by atoms with Crippen LogP contribution in [0.4, 0.5) is 11.6 Å². The van der Waals surface area contributed by atoms with E-state index in [0.717, 1.165) is 42.8 Å². The summed E-state index contributed by atoms with van der Waals surface area (Å²) >= 11 is 0. The molecule has 0 unspecified atom stereocenters. The molecule has 0 saturated heterocycles. The maximum absolute atomic E-state index is 4.54.